The normalized spacial score (nSPS) is 15.2. The van der Waals surface area contributed by atoms with E-state index in [9.17, 15) is 8.78 Å². The van der Waals surface area contributed by atoms with Crippen molar-refractivity contribution in [2.75, 3.05) is 0 Å². The van der Waals surface area contributed by atoms with Crippen molar-refractivity contribution in [2.45, 2.75) is 11.1 Å². The highest BCUT2D eigenvalue weighted by molar-refractivity contribution is 5.53. The molecule has 0 saturated carbocycles. The number of benzene rings is 4. The SMILES string of the molecule is NC(c1ccccc1)(c1ccc(F)cc1)C(N)(c1ccccc1)c1ccc(F)cc1. The van der Waals surface area contributed by atoms with E-state index in [1.165, 1.54) is 24.3 Å². The fourth-order valence-electron chi connectivity index (χ4n) is 4.07. The molecule has 0 aliphatic carbocycles. The molecule has 4 heteroatoms. The van der Waals surface area contributed by atoms with Crippen LogP contribution in [0.5, 0.6) is 0 Å². The van der Waals surface area contributed by atoms with Crippen molar-refractivity contribution in [2.24, 2.45) is 11.5 Å². The summed E-state index contributed by atoms with van der Waals surface area (Å²) in [5, 5.41) is 0. The highest BCUT2D eigenvalue weighted by atomic mass is 19.1. The number of halogens is 2. The Morgan fingerprint density at radius 3 is 0.967 bits per heavy atom. The van der Waals surface area contributed by atoms with Gasteiger partial charge in [-0.25, -0.2) is 8.78 Å². The number of hydrogen-bond acceptors (Lipinski definition) is 2. The van der Waals surface area contributed by atoms with Crippen LogP contribution in [0.25, 0.3) is 0 Å². The van der Waals surface area contributed by atoms with Gasteiger partial charge in [0.1, 0.15) is 11.6 Å². The topological polar surface area (TPSA) is 52.0 Å². The van der Waals surface area contributed by atoms with Crippen LogP contribution < -0.4 is 11.5 Å². The fourth-order valence-corrected chi connectivity index (χ4v) is 4.07. The van der Waals surface area contributed by atoms with Crippen LogP contribution in [0.15, 0.2) is 109 Å². The van der Waals surface area contributed by atoms with E-state index in [1.807, 2.05) is 60.7 Å². The Bertz CT molecular complexity index is 1020. The molecule has 30 heavy (non-hydrogen) atoms. The third-order valence-corrected chi connectivity index (χ3v) is 5.68. The van der Waals surface area contributed by atoms with E-state index >= 15 is 0 Å². The summed E-state index contributed by atoms with van der Waals surface area (Å²) < 4.78 is 27.5. The molecule has 4 N–H and O–H groups in total. The smallest absolute Gasteiger partial charge is 0.123 e. The van der Waals surface area contributed by atoms with Gasteiger partial charge >= 0.3 is 0 Å². The lowest BCUT2D eigenvalue weighted by molar-refractivity contribution is 0.322. The summed E-state index contributed by atoms with van der Waals surface area (Å²) in [5.74, 6) is -0.725. The van der Waals surface area contributed by atoms with Crippen LogP contribution in [0.4, 0.5) is 8.78 Å². The van der Waals surface area contributed by atoms with Crippen LogP contribution in [0.3, 0.4) is 0 Å². The van der Waals surface area contributed by atoms with E-state index in [0.29, 0.717) is 11.1 Å². The molecule has 2 atom stereocenters. The molecule has 0 radical (unpaired) electrons. The molecule has 0 saturated heterocycles. The second-order valence-corrected chi connectivity index (χ2v) is 7.36. The Morgan fingerprint density at radius 1 is 0.400 bits per heavy atom. The minimum absolute atomic E-state index is 0.363. The van der Waals surface area contributed by atoms with Crippen molar-refractivity contribution in [1.82, 2.24) is 0 Å². The molecule has 4 aromatic carbocycles. The van der Waals surface area contributed by atoms with Crippen LogP contribution in [0.2, 0.25) is 0 Å². The minimum atomic E-state index is -1.28. The molecule has 0 aliphatic rings. The third kappa shape index (κ3) is 3.20. The third-order valence-electron chi connectivity index (χ3n) is 5.68. The zero-order valence-corrected chi connectivity index (χ0v) is 16.3. The van der Waals surface area contributed by atoms with Gasteiger partial charge in [-0.2, -0.15) is 0 Å². The van der Waals surface area contributed by atoms with E-state index in [4.69, 9.17) is 11.5 Å². The summed E-state index contributed by atoms with van der Waals surface area (Å²) in [5.41, 5.74) is 14.7. The molecule has 0 amide bonds. The summed E-state index contributed by atoms with van der Waals surface area (Å²) in [6, 6.07) is 31.0. The molecule has 150 valence electrons. The molecule has 0 heterocycles. The van der Waals surface area contributed by atoms with Gasteiger partial charge in [0, 0.05) is 0 Å². The van der Waals surface area contributed by atoms with Crippen LogP contribution in [0.1, 0.15) is 22.3 Å². The zero-order chi connectivity index (χ0) is 21.2. The van der Waals surface area contributed by atoms with E-state index in [-0.39, 0.29) is 11.6 Å². The minimum Gasteiger partial charge on any atom is -0.316 e. The maximum Gasteiger partial charge on any atom is 0.123 e. The van der Waals surface area contributed by atoms with Gasteiger partial charge in [-0.1, -0.05) is 84.9 Å². The molecule has 4 rings (SSSR count). The van der Waals surface area contributed by atoms with Crippen molar-refractivity contribution in [1.29, 1.82) is 0 Å². The number of rotatable bonds is 5. The molecule has 0 fully saturated rings. The first-order chi connectivity index (χ1) is 14.5. The van der Waals surface area contributed by atoms with Crippen molar-refractivity contribution in [3.8, 4) is 0 Å². The largest absolute Gasteiger partial charge is 0.316 e. The van der Waals surface area contributed by atoms with E-state index in [0.717, 1.165) is 11.1 Å². The molecule has 0 spiro atoms. The van der Waals surface area contributed by atoms with Gasteiger partial charge in [-0.3, -0.25) is 0 Å². The number of nitrogens with two attached hydrogens (primary N) is 2. The molecular weight excluding hydrogens is 378 g/mol. The maximum atomic E-state index is 13.8. The first-order valence-electron chi connectivity index (χ1n) is 9.67. The van der Waals surface area contributed by atoms with Gasteiger partial charge in [0.15, 0.2) is 0 Å². The average Bonchev–Trinajstić information content (AvgIpc) is 2.80. The lowest BCUT2D eigenvalue weighted by Gasteiger charge is -2.47. The summed E-state index contributed by atoms with van der Waals surface area (Å²) in [6.45, 7) is 0. The quantitative estimate of drug-likeness (QED) is 0.491. The molecule has 0 aliphatic heterocycles. The van der Waals surface area contributed by atoms with Gasteiger partial charge < -0.3 is 11.5 Å². The van der Waals surface area contributed by atoms with Gasteiger partial charge in [-0.15, -0.1) is 0 Å². The molecule has 0 aromatic heterocycles. The Morgan fingerprint density at radius 2 is 0.667 bits per heavy atom. The molecule has 2 unspecified atom stereocenters. The Kier molecular flexibility index (Phi) is 5.20. The Labute approximate surface area is 174 Å². The molecule has 2 nitrogen and oxygen atoms in total. The second kappa shape index (κ2) is 7.82. The summed E-state index contributed by atoms with van der Waals surface area (Å²) in [4.78, 5) is 0. The summed E-state index contributed by atoms with van der Waals surface area (Å²) in [6.07, 6.45) is 0. The second-order valence-electron chi connectivity index (χ2n) is 7.36. The Hall–Kier alpha value is -3.34. The lowest BCUT2D eigenvalue weighted by Crippen LogP contribution is -2.62. The fraction of sp³-hybridized carbons (Fsp3) is 0.0769. The molecule has 4 aromatic rings. The van der Waals surface area contributed by atoms with Crippen LogP contribution in [-0.4, -0.2) is 0 Å². The Balaban J connectivity index is 2.08. The monoisotopic (exact) mass is 400 g/mol. The van der Waals surface area contributed by atoms with Gasteiger partial charge in [0.2, 0.25) is 0 Å². The highest BCUT2D eigenvalue weighted by Crippen LogP contribution is 2.46. The van der Waals surface area contributed by atoms with Gasteiger partial charge in [0.05, 0.1) is 11.1 Å². The van der Waals surface area contributed by atoms with Crippen LogP contribution in [0, 0.1) is 11.6 Å². The van der Waals surface area contributed by atoms with E-state index in [2.05, 4.69) is 0 Å². The summed E-state index contributed by atoms with van der Waals surface area (Å²) >= 11 is 0. The van der Waals surface area contributed by atoms with Crippen LogP contribution >= 0.6 is 0 Å². The van der Waals surface area contributed by atoms with Crippen molar-refractivity contribution in [3.05, 3.63) is 143 Å². The highest BCUT2D eigenvalue weighted by Gasteiger charge is 2.51. The number of hydrogen-bond donors (Lipinski definition) is 2. The van der Waals surface area contributed by atoms with E-state index < -0.39 is 11.1 Å². The standard InChI is InChI=1S/C26H22F2N2/c27-23-15-11-21(12-16-23)25(29,19-7-3-1-4-8-19)26(30,20-9-5-2-6-10-20)22-13-17-24(28)18-14-22/h1-18H,29-30H2. The van der Waals surface area contributed by atoms with E-state index in [1.54, 1.807) is 24.3 Å². The predicted molar refractivity (Wildman–Crippen MR) is 116 cm³/mol. The first-order valence-corrected chi connectivity index (χ1v) is 9.67. The molecule has 0 bridgehead atoms. The van der Waals surface area contributed by atoms with Crippen molar-refractivity contribution in [3.63, 3.8) is 0 Å². The first kappa shape index (κ1) is 20.0. The van der Waals surface area contributed by atoms with Gasteiger partial charge in [0.25, 0.3) is 0 Å². The van der Waals surface area contributed by atoms with Crippen molar-refractivity contribution >= 4 is 0 Å². The average molecular weight is 400 g/mol. The summed E-state index contributed by atoms with van der Waals surface area (Å²) in [7, 11) is 0. The predicted octanol–water partition coefficient (Wildman–Crippen LogP) is 5.07. The zero-order valence-electron chi connectivity index (χ0n) is 16.3. The molecular formula is C26H22F2N2. The van der Waals surface area contributed by atoms with Crippen molar-refractivity contribution < 1.29 is 8.78 Å². The maximum absolute atomic E-state index is 13.8. The van der Waals surface area contributed by atoms with Crippen LogP contribution in [-0.2, 0) is 11.1 Å². The van der Waals surface area contributed by atoms with Gasteiger partial charge in [-0.05, 0) is 46.5 Å². The lowest BCUT2D eigenvalue weighted by atomic mass is 9.63.